The Morgan fingerprint density at radius 2 is 0.787 bits per heavy atom. The second kappa shape index (κ2) is 26.5. The van der Waals surface area contributed by atoms with E-state index in [1.165, 1.54) is 6.92 Å². The van der Waals surface area contributed by atoms with E-state index in [0.29, 0.717) is 0 Å². The maximum atomic E-state index is 13.1. The van der Waals surface area contributed by atoms with E-state index >= 15 is 0 Å². The summed E-state index contributed by atoms with van der Waals surface area (Å²) in [4.78, 5) is 37.6. The van der Waals surface area contributed by atoms with Gasteiger partial charge in [0.05, 0.1) is 39.1 Å². The summed E-state index contributed by atoms with van der Waals surface area (Å²) in [5.41, 5.74) is 0. The van der Waals surface area contributed by atoms with Crippen LogP contribution in [0.15, 0.2) is 0 Å². The van der Waals surface area contributed by atoms with Crippen LogP contribution in [0.5, 0.6) is 0 Å². The molecule has 434 valence electrons. The SMILES string of the molecule is CC(=O)N[C@H]1[C@H](OC[C@H]2O[C@@H](O[C@H]3[C@@H](O)[C@@H](CO)OC(O)[C@@H]3NC(C)=O)[C@H](O)[C@@H](O[C@@H]3O[C@H](CO)[C@@H](O[C@@H]4O[C@H](CO)[C@H](O)[C@H](O)[C@H]4O)[C@H](O[C@@H]4O[C@@H](C)[C@@H](O)[C@@H](O)[C@@H]4O)[C@H]3NC(C)=O)[C@H]2O)O[C@H](CO)[C@@H](O)[C@@H]1O. The van der Waals surface area contributed by atoms with Gasteiger partial charge in [0, 0.05) is 20.8 Å². The van der Waals surface area contributed by atoms with Gasteiger partial charge in [-0.2, -0.15) is 0 Å². The minimum Gasteiger partial charge on any atom is -0.394 e. The molecular formula is C42H71N3O30. The second-order valence-corrected chi connectivity index (χ2v) is 19.0. The second-order valence-electron chi connectivity index (χ2n) is 19.0. The van der Waals surface area contributed by atoms with E-state index in [4.69, 9.17) is 52.1 Å². The van der Waals surface area contributed by atoms with Crippen molar-refractivity contribution in [3.63, 3.8) is 0 Å². The fraction of sp³-hybridized carbons (Fsp3) is 0.929. The number of carbonyl (C=O) groups excluding carboxylic acids is 3. The largest absolute Gasteiger partial charge is 0.394 e. The molecule has 6 heterocycles. The Morgan fingerprint density at radius 3 is 1.36 bits per heavy atom. The number of nitrogens with one attached hydrogen (secondary N) is 3. The van der Waals surface area contributed by atoms with Gasteiger partial charge < -0.3 is 150 Å². The maximum Gasteiger partial charge on any atom is 0.217 e. The van der Waals surface area contributed by atoms with Gasteiger partial charge in [0.1, 0.15) is 140 Å². The average molecular weight is 1100 g/mol. The number of aliphatic hydroxyl groups is 16. The molecule has 19 N–H and O–H groups in total. The van der Waals surface area contributed by atoms with Gasteiger partial charge in [-0.05, 0) is 6.92 Å². The van der Waals surface area contributed by atoms with Crippen LogP contribution in [0.3, 0.4) is 0 Å². The van der Waals surface area contributed by atoms with Crippen LogP contribution < -0.4 is 16.0 Å². The topological polar surface area (TPSA) is 513 Å². The van der Waals surface area contributed by atoms with Crippen LogP contribution >= 0.6 is 0 Å². The normalized spacial score (nSPS) is 48.6. The molecule has 6 fully saturated rings. The van der Waals surface area contributed by atoms with Crippen molar-refractivity contribution in [2.45, 2.75) is 212 Å². The smallest absolute Gasteiger partial charge is 0.217 e. The zero-order chi connectivity index (χ0) is 55.5. The summed E-state index contributed by atoms with van der Waals surface area (Å²) >= 11 is 0. The Balaban J connectivity index is 1.40. The van der Waals surface area contributed by atoms with E-state index in [2.05, 4.69) is 16.0 Å². The lowest BCUT2D eigenvalue weighted by Crippen LogP contribution is -2.71. The molecule has 75 heavy (non-hydrogen) atoms. The van der Waals surface area contributed by atoms with Crippen LogP contribution in [0, 0.1) is 0 Å². The minimum atomic E-state index is -2.31. The molecule has 0 radical (unpaired) electrons. The highest BCUT2D eigenvalue weighted by atomic mass is 16.8. The highest BCUT2D eigenvalue weighted by Gasteiger charge is 2.58. The number of hydrogen-bond acceptors (Lipinski definition) is 30. The van der Waals surface area contributed by atoms with E-state index in [1.54, 1.807) is 0 Å². The van der Waals surface area contributed by atoms with E-state index in [9.17, 15) is 96.1 Å². The lowest BCUT2D eigenvalue weighted by molar-refractivity contribution is -0.390. The highest BCUT2D eigenvalue weighted by molar-refractivity contribution is 5.74. The van der Waals surface area contributed by atoms with Gasteiger partial charge in [0.25, 0.3) is 0 Å². The van der Waals surface area contributed by atoms with Crippen LogP contribution in [0.4, 0.5) is 0 Å². The number of carbonyl (C=O) groups is 3. The van der Waals surface area contributed by atoms with Crippen molar-refractivity contribution < 1.29 is 148 Å². The predicted octanol–water partition coefficient (Wildman–Crippen LogP) is -12.6. The Hall–Kier alpha value is -2.67. The predicted molar refractivity (Wildman–Crippen MR) is 233 cm³/mol. The molecule has 30 atom stereocenters. The van der Waals surface area contributed by atoms with Crippen LogP contribution in [-0.4, -0.2) is 317 Å². The molecule has 6 saturated heterocycles. The van der Waals surface area contributed by atoms with Crippen LogP contribution in [0.1, 0.15) is 27.7 Å². The minimum absolute atomic E-state index is 0.740. The van der Waals surface area contributed by atoms with Gasteiger partial charge in [0.2, 0.25) is 17.7 Å². The number of ether oxygens (including phenoxy) is 11. The van der Waals surface area contributed by atoms with Crippen molar-refractivity contribution in [3.05, 3.63) is 0 Å². The van der Waals surface area contributed by atoms with Gasteiger partial charge in [0.15, 0.2) is 37.7 Å². The van der Waals surface area contributed by atoms with Crippen molar-refractivity contribution >= 4 is 17.7 Å². The first-order chi connectivity index (χ1) is 35.4. The summed E-state index contributed by atoms with van der Waals surface area (Å²) < 4.78 is 64.6. The molecule has 0 saturated carbocycles. The molecule has 6 aliphatic rings. The molecule has 33 heteroatoms. The zero-order valence-corrected chi connectivity index (χ0v) is 40.7. The summed E-state index contributed by atoms with van der Waals surface area (Å²) in [6.45, 7) is -0.338. The summed E-state index contributed by atoms with van der Waals surface area (Å²) in [7, 11) is 0. The average Bonchev–Trinajstić information content (AvgIpc) is 3.36. The quantitative estimate of drug-likeness (QED) is 0.0606. The van der Waals surface area contributed by atoms with Crippen molar-refractivity contribution in [2.24, 2.45) is 0 Å². The van der Waals surface area contributed by atoms with Crippen LogP contribution in [0.2, 0.25) is 0 Å². The third kappa shape index (κ3) is 13.7. The van der Waals surface area contributed by atoms with Crippen molar-refractivity contribution in [1.82, 2.24) is 16.0 Å². The van der Waals surface area contributed by atoms with Gasteiger partial charge in [-0.25, -0.2) is 0 Å². The molecule has 0 aromatic rings. The number of hydrogen-bond donors (Lipinski definition) is 19. The summed E-state index contributed by atoms with van der Waals surface area (Å²) in [5, 5.41) is 180. The first-order valence-corrected chi connectivity index (χ1v) is 23.9. The standard InChI is InChI=1S/C42H71N3O30/c1-10-22(53)28(59)30(61)40(66-10)74-35-21(45-13(4)52)39(70-17(8-49)33(35)72-41-31(62)29(60)24(55)15(6-47)69-41)75-36-26(57)18(9-65-38-19(43-11(2)50)27(58)23(54)14(5-46)68-38)71-42(32(36)63)73-34-20(44-12(3)51)37(64)67-16(7-48)25(34)56/h10,14-42,46-49,53-64H,5-9H2,1-4H3,(H,43,50)(H,44,51)(H,45,52)/t10-,14+,15+,16+,17+,18+,19+,20+,21+,22+,23+,24-,25-,26-,27+,28+,29-,30-,31+,32+,33+,34+,35+,36-,37?,38+,39-,40-,41-,42-/m0/s1. The fourth-order valence-corrected chi connectivity index (χ4v) is 9.56. The molecule has 3 amide bonds. The Bertz CT molecular complexity index is 1850. The lowest BCUT2D eigenvalue weighted by Gasteiger charge is -2.52. The Labute approximate surface area is 426 Å². The molecule has 1 unspecified atom stereocenters. The number of aliphatic hydroxyl groups excluding tert-OH is 16. The van der Waals surface area contributed by atoms with Gasteiger partial charge in [-0.3, -0.25) is 14.4 Å². The monoisotopic (exact) mass is 1100 g/mol. The third-order valence-electron chi connectivity index (χ3n) is 13.6. The van der Waals surface area contributed by atoms with Crippen molar-refractivity contribution in [3.8, 4) is 0 Å². The zero-order valence-electron chi connectivity index (χ0n) is 40.7. The van der Waals surface area contributed by atoms with Crippen LogP contribution in [-0.2, 0) is 66.5 Å². The summed E-state index contributed by atoms with van der Waals surface area (Å²) in [5.74, 6) is -2.43. The van der Waals surface area contributed by atoms with E-state index in [0.717, 1.165) is 20.8 Å². The third-order valence-corrected chi connectivity index (χ3v) is 13.6. The van der Waals surface area contributed by atoms with Gasteiger partial charge in [-0.1, -0.05) is 0 Å². The maximum absolute atomic E-state index is 13.1. The van der Waals surface area contributed by atoms with Gasteiger partial charge in [-0.15, -0.1) is 0 Å². The molecule has 0 aliphatic carbocycles. The van der Waals surface area contributed by atoms with Gasteiger partial charge >= 0.3 is 0 Å². The summed E-state index contributed by atoms with van der Waals surface area (Å²) in [6, 6.07) is -5.08. The van der Waals surface area contributed by atoms with Crippen molar-refractivity contribution in [2.75, 3.05) is 33.0 Å². The molecule has 6 rings (SSSR count). The Kier molecular flexibility index (Phi) is 21.8. The molecule has 33 nitrogen and oxygen atoms in total. The molecule has 0 spiro atoms. The Morgan fingerprint density at radius 1 is 0.373 bits per heavy atom. The molecule has 0 aromatic carbocycles. The lowest BCUT2D eigenvalue weighted by atomic mass is 9.93. The first kappa shape index (κ1) is 61.5. The number of amides is 3. The molecule has 0 aromatic heterocycles. The van der Waals surface area contributed by atoms with E-state index in [-0.39, 0.29) is 0 Å². The summed E-state index contributed by atoms with van der Waals surface area (Å²) in [6.07, 6.45) is -51.0. The molecule has 0 bridgehead atoms. The van der Waals surface area contributed by atoms with Crippen molar-refractivity contribution in [1.29, 1.82) is 0 Å². The highest BCUT2D eigenvalue weighted by Crippen LogP contribution is 2.37. The molecule has 6 aliphatic heterocycles. The first-order valence-electron chi connectivity index (χ1n) is 23.9. The van der Waals surface area contributed by atoms with Crippen LogP contribution in [0.25, 0.3) is 0 Å². The fourth-order valence-electron chi connectivity index (χ4n) is 9.56. The van der Waals surface area contributed by atoms with E-state index < -0.39 is 235 Å². The number of rotatable bonds is 18. The van der Waals surface area contributed by atoms with E-state index in [1.807, 2.05) is 0 Å². The molecular weight excluding hydrogens is 1030 g/mol.